The third-order valence-corrected chi connectivity index (χ3v) is 4.69. The molecule has 1 fully saturated rings. The molecule has 23 heavy (non-hydrogen) atoms. The van der Waals surface area contributed by atoms with Crippen molar-refractivity contribution in [2.24, 2.45) is 0 Å². The lowest BCUT2D eigenvalue weighted by molar-refractivity contribution is -0.133. The Morgan fingerprint density at radius 2 is 2.04 bits per heavy atom. The molecule has 0 bridgehead atoms. The summed E-state index contributed by atoms with van der Waals surface area (Å²) in [5.74, 6) is 1.42. The Labute approximate surface area is 135 Å². The highest BCUT2D eigenvalue weighted by molar-refractivity contribution is 5.95. The first-order valence-corrected chi connectivity index (χ1v) is 7.81. The topological polar surface area (TPSA) is 55.8 Å². The molecule has 5 heteroatoms. The average Bonchev–Trinajstić information content (AvgIpc) is 3.13. The number of ketones is 1. The molecule has 1 atom stereocenters. The molecule has 1 aromatic rings. The number of hydrogen-bond acceptors (Lipinski definition) is 4. The Balaban J connectivity index is 1.77. The second-order valence-corrected chi connectivity index (χ2v) is 6.10. The molecule has 0 N–H and O–H groups in total. The number of ether oxygens (including phenoxy) is 2. The van der Waals surface area contributed by atoms with Crippen molar-refractivity contribution in [3.63, 3.8) is 0 Å². The van der Waals surface area contributed by atoms with Crippen molar-refractivity contribution in [3.05, 3.63) is 35.9 Å². The van der Waals surface area contributed by atoms with Gasteiger partial charge in [0.15, 0.2) is 17.3 Å². The quantitative estimate of drug-likeness (QED) is 0.854. The first-order valence-electron chi connectivity index (χ1n) is 7.81. The summed E-state index contributed by atoms with van der Waals surface area (Å²) in [6, 6.07) is 5.51. The summed E-state index contributed by atoms with van der Waals surface area (Å²) in [5, 5.41) is 0. The van der Waals surface area contributed by atoms with Crippen molar-refractivity contribution in [2.75, 3.05) is 20.8 Å². The molecule has 0 radical (unpaired) electrons. The molecule has 1 unspecified atom stereocenters. The predicted octanol–water partition coefficient (Wildman–Crippen LogP) is 2.14. The SMILES string of the molecule is COc1ccc(CC(=O)N2CCCC23C=CC(=O)C3)cc1OC. The first kappa shape index (κ1) is 15.6. The van der Waals surface area contributed by atoms with E-state index in [4.69, 9.17) is 9.47 Å². The van der Waals surface area contributed by atoms with E-state index in [-0.39, 0.29) is 17.2 Å². The molecule has 0 saturated carbocycles. The Morgan fingerprint density at radius 1 is 1.26 bits per heavy atom. The fraction of sp³-hybridized carbons (Fsp3) is 0.444. The van der Waals surface area contributed by atoms with Gasteiger partial charge in [-0.15, -0.1) is 0 Å². The number of benzene rings is 1. The van der Waals surface area contributed by atoms with Crippen LogP contribution in [0.2, 0.25) is 0 Å². The van der Waals surface area contributed by atoms with E-state index in [9.17, 15) is 9.59 Å². The lowest BCUT2D eigenvalue weighted by Crippen LogP contribution is -2.45. The van der Waals surface area contributed by atoms with Crippen LogP contribution in [0.15, 0.2) is 30.4 Å². The monoisotopic (exact) mass is 315 g/mol. The number of nitrogens with zero attached hydrogens (tertiary/aromatic N) is 1. The van der Waals surface area contributed by atoms with E-state index < -0.39 is 0 Å². The van der Waals surface area contributed by atoms with Crippen LogP contribution in [0, 0.1) is 0 Å². The minimum Gasteiger partial charge on any atom is -0.493 e. The highest BCUT2D eigenvalue weighted by Crippen LogP contribution is 2.38. The maximum atomic E-state index is 12.7. The van der Waals surface area contributed by atoms with E-state index >= 15 is 0 Å². The van der Waals surface area contributed by atoms with Gasteiger partial charge in [0.05, 0.1) is 26.2 Å². The van der Waals surface area contributed by atoms with Gasteiger partial charge in [-0.05, 0) is 36.6 Å². The summed E-state index contributed by atoms with van der Waals surface area (Å²) in [5.41, 5.74) is 0.494. The number of methoxy groups -OCH3 is 2. The lowest BCUT2D eigenvalue weighted by Gasteiger charge is -2.33. The van der Waals surface area contributed by atoms with Crippen molar-refractivity contribution in [2.45, 2.75) is 31.2 Å². The van der Waals surface area contributed by atoms with Gasteiger partial charge in [-0.1, -0.05) is 12.1 Å². The molecular formula is C18H21NO4. The van der Waals surface area contributed by atoms with Crippen LogP contribution in [0.1, 0.15) is 24.8 Å². The molecule has 1 aromatic carbocycles. The Hall–Kier alpha value is -2.30. The standard InChI is InChI=1S/C18H21NO4/c1-22-15-5-4-13(10-16(15)23-2)11-17(21)19-9-3-7-18(19)8-6-14(20)12-18/h4-6,8,10H,3,7,9,11-12H2,1-2H3. The number of amides is 1. The van der Waals surface area contributed by atoms with Gasteiger partial charge in [-0.2, -0.15) is 0 Å². The van der Waals surface area contributed by atoms with Gasteiger partial charge in [-0.3, -0.25) is 9.59 Å². The first-order chi connectivity index (χ1) is 11.1. The third-order valence-electron chi connectivity index (χ3n) is 4.69. The third kappa shape index (κ3) is 2.83. The van der Waals surface area contributed by atoms with E-state index in [1.807, 2.05) is 23.1 Å². The van der Waals surface area contributed by atoms with Gasteiger partial charge < -0.3 is 14.4 Å². The highest BCUT2D eigenvalue weighted by Gasteiger charge is 2.45. The molecule has 122 valence electrons. The average molecular weight is 315 g/mol. The second kappa shape index (κ2) is 6.07. The van der Waals surface area contributed by atoms with E-state index in [2.05, 4.69) is 0 Å². The van der Waals surface area contributed by atoms with Crippen LogP contribution in [0.5, 0.6) is 11.5 Å². The number of hydrogen-bond donors (Lipinski definition) is 0. The van der Waals surface area contributed by atoms with Crippen LogP contribution >= 0.6 is 0 Å². The zero-order valence-corrected chi connectivity index (χ0v) is 13.5. The van der Waals surface area contributed by atoms with Gasteiger partial charge in [0, 0.05) is 13.0 Å². The summed E-state index contributed by atoms with van der Waals surface area (Å²) < 4.78 is 10.5. The van der Waals surface area contributed by atoms with Gasteiger partial charge in [0.2, 0.25) is 5.91 Å². The van der Waals surface area contributed by atoms with E-state index in [0.29, 0.717) is 30.9 Å². The van der Waals surface area contributed by atoms with Crippen molar-refractivity contribution < 1.29 is 19.1 Å². The molecule has 1 saturated heterocycles. The van der Waals surface area contributed by atoms with E-state index in [1.54, 1.807) is 26.4 Å². The molecule has 5 nitrogen and oxygen atoms in total. The van der Waals surface area contributed by atoms with Gasteiger partial charge >= 0.3 is 0 Å². The van der Waals surface area contributed by atoms with Crippen molar-refractivity contribution >= 4 is 11.7 Å². The zero-order chi connectivity index (χ0) is 16.4. The van der Waals surface area contributed by atoms with Crippen LogP contribution < -0.4 is 9.47 Å². The summed E-state index contributed by atoms with van der Waals surface area (Å²) >= 11 is 0. The maximum absolute atomic E-state index is 12.7. The summed E-state index contributed by atoms with van der Waals surface area (Å²) in [4.78, 5) is 26.2. The number of carbonyl (C=O) groups is 2. The minimum atomic E-state index is -0.384. The Morgan fingerprint density at radius 3 is 2.70 bits per heavy atom. The molecule has 0 aromatic heterocycles. The number of carbonyl (C=O) groups excluding carboxylic acids is 2. The van der Waals surface area contributed by atoms with Crippen LogP contribution in [0.4, 0.5) is 0 Å². The van der Waals surface area contributed by atoms with Crippen molar-refractivity contribution in [1.29, 1.82) is 0 Å². The number of rotatable bonds is 4. The molecule has 3 rings (SSSR count). The molecule has 2 aliphatic rings. The lowest BCUT2D eigenvalue weighted by atomic mass is 9.95. The Kier molecular flexibility index (Phi) is 4.11. The Bertz CT molecular complexity index is 667. The van der Waals surface area contributed by atoms with E-state index in [1.165, 1.54) is 0 Å². The molecule has 1 aliphatic heterocycles. The maximum Gasteiger partial charge on any atom is 0.227 e. The smallest absolute Gasteiger partial charge is 0.227 e. The van der Waals surface area contributed by atoms with Crippen LogP contribution in [0.3, 0.4) is 0 Å². The van der Waals surface area contributed by atoms with Crippen molar-refractivity contribution in [1.82, 2.24) is 4.90 Å². The largest absolute Gasteiger partial charge is 0.493 e. The van der Waals surface area contributed by atoms with Crippen LogP contribution in [0.25, 0.3) is 0 Å². The van der Waals surface area contributed by atoms with Crippen LogP contribution in [-0.4, -0.2) is 42.9 Å². The molecule has 1 amide bonds. The van der Waals surface area contributed by atoms with Crippen molar-refractivity contribution in [3.8, 4) is 11.5 Å². The summed E-state index contributed by atoms with van der Waals surface area (Å²) in [7, 11) is 3.16. The van der Waals surface area contributed by atoms with Crippen LogP contribution in [-0.2, 0) is 16.0 Å². The molecule has 1 spiro atoms. The number of allylic oxidation sites excluding steroid dienone is 1. The molecule has 1 aliphatic carbocycles. The molecule has 1 heterocycles. The molecular weight excluding hydrogens is 294 g/mol. The van der Waals surface area contributed by atoms with Gasteiger partial charge in [0.25, 0.3) is 0 Å². The minimum absolute atomic E-state index is 0.0501. The van der Waals surface area contributed by atoms with Gasteiger partial charge in [-0.25, -0.2) is 0 Å². The normalized spacial score (nSPS) is 22.9. The summed E-state index contributed by atoms with van der Waals surface area (Å²) in [6.07, 6.45) is 6.05. The zero-order valence-electron chi connectivity index (χ0n) is 13.5. The van der Waals surface area contributed by atoms with Gasteiger partial charge in [0.1, 0.15) is 0 Å². The summed E-state index contributed by atoms with van der Waals surface area (Å²) in [6.45, 7) is 0.712. The second-order valence-electron chi connectivity index (χ2n) is 6.10. The fourth-order valence-electron chi connectivity index (χ4n) is 3.56. The predicted molar refractivity (Wildman–Crippen MR) is 85.7 cm³/mol. The fourth-order valence-corrected chi connectivity index (χ4v) is 3.56. The highest BCUT2D eigenvalue weighted by atomic mass is 16.5. The van der Waals surface area contributed by atoms with E-state index in [0.717, 1.165) is 18.4 Å². The number of likely N-dealkylation sites (tertiary alicyclic amines) is 1.